The zero-order chi connectivity index (χ0) is 42.7. The third-order valence-corrected chi connectivity index (χ3v) is 9.90. The molecule has 0 radical (unpaired) electrons. The normalized spacial score (nSPS) is 17.1. The van der Waals surface area contributed by atoms with E-state index in [0.29, 0.717) is 18.3 Å². The average Bonchev–Trinajstić information content (AvgIpc) is 3.21. The quantitative estimate of drug-likeness (QED) is 0.0383. The first-order valence-corrected chi connectivity index (χ1v) is 18.9. The monoisotopic (exact) mass is 758 g/mol. The van der Waals surface area contributed by atoms with Crippen LogP contribution in [0.3, 0.4) is 0 Å². The molecule has 0 unspecified atom stereocenters. The maximum absolute atomic E-state index is 5.48. The zero-order valence-corrected chi connectivity index (χ0v) is 35.6. The van der Waals surface area contributed by atoms with Crippen LogP contribution in [-0.2, 0) is 6.42 Å². The number of fused-ring (bicyclic) bond motifs is 1. The zero-order valence-electron chi connectivity index (χ0n) is 35.6. The lowest BCUT2D eigenvalue weighted by atomic mass is 9.83. The average molecular weight is 758 g/mol. The Kier molecular flexibility index (Phi) is 20.5. The fourth-order valence-corrected chi connectivity index (χ4v) is 5.99. The molecule has 1 aliphatic heterocycles. The van der Waals surface area contributed by atoms with Crippen molar-refractivity contribution in [2.24, 2.45) is 26.6 Å². The summed E-state index contributed by atoms with van der Waals surface area (Å²) in [7, 11) is 3.48. The van der Waals surface area contributed by atoms with E-state index in [0.717, 1.165) is 80.7 Å². The first-order valence-electron chi connectivity index (χ1n) is 18.9. The van der Waals surface area contributed by atoms with Gasteiger partial charge in [-0.3, -0.25) is 15.4 Å². The van der Waals surface area contributed by atoms with Crippen LogP contribution in [0.5, 0.6) is 0 Å². The highest BCUT2D eigenvalue weighted by atomic mass is 15.6. The van der Waals surface area contributed by atoms with E-state index >= 15 is 0 Å². The third kappa shape index (κ3) is 13.2. The van der Waals surface area contributed by atoms with Gasteiger partial charge in [-0.15, -0.1) is 12.8 Å². The molecule has 0 amide bonds. The van der Waals surface area contributed by atoms with Gasteiger partial charge < -0.3 is 16.5 Å². The van der Waals surface area contributed by atoms with E-state index in [9.17, 15) is 0 Å². The number of hydrazine groups is 2. The fourth-order valence-electron chi connectivity index (χ4n) is 5.99. The van der Waals surface area contributed by atoms with E-state index < -0.39 is 0 Å². The lowest BCUT2D eigenvalue weighted by molar-refractivity contribution is 0.377. The van der Waals surface area contributed by atoms with Crippen molar-refractivity contribution >= 4 is 17.4 Å². The van der Waals surface area contributed by atoms with Gasteiger partial charge in [-0.05, 0) is 122 Å². The molecule has 1 atom stereocenters. The van der Waals surface area contributed by atoms with E-state index in [1.54, 1.807) is 19.1 Å². The van der Waals surface area contributed by atoms with Gasteiger partial charge >= 0.3 is 0 Å². The van der Waals surface area contributed by atoms with Crippen molar-refractivity contribution in [1.82, 2.24) is 21.2 Å². The summed E-state index contributed by atoms with van der Waals surface area (Å²) in [6.45, 7) is 38.9. The van der Waals surface area contributed by atoms with Crippen LogP contribution in [0.2, 0.25) is 0 Å². The van der Waals surface area contributed by atoms with Crippen LogP contribution >= 0.6 is 0 Å². The molecule has 56 heavy (non-hydrogen) atoms. The number of nitrogens with two attached hydrogens (primary N) is 2. The van der Waals surface area contributed by atoms with Crippen molar-refractivity contribution in [3.8, 4) is 12.8 Å². The van der Waals surface area contributed by atoms with E-state index in [-0.39, 0.29) is 0 Å². The summed E-state index contributed by atoms with van der Waals surface area (Å²) in [6, 6.07) is 6.53. The molecule has 0 bridgehead atoms. The van der Waals surface area contributed by atoms with Crippen LogP contribution < -0.4 is 27.7 Å². The number of amidine groups is 2. The minimum Gasteiger partial charge on any atom is -0.398 e. The number of nitrogens with one attached hydrogen (secondary N) is 3. The Morgan fingerprint density at radius 1 is 1.05 bits per heavy atom. The molecule has 0 fully saturated rings. The van der Waals surface area contributed by atoms with E-state index in [4.69, 9.17) is 11.6 Å². The number of hydrogen-bond donors (Lipinski definition) is 5. The van der Waals surface area contributed by atoms with Gasteiger partial charge in [0, 0.05) is 31.9 Å². The van der Waals surface area contributed by atoms with Crippen LogP contribution in [-0.4, -0.2) is 43.0 Å². The van der Waals surface area contributed by atoms with Crippen molar-refractivity contribution < 1.29 is 0 Å². The number of allylic oxidation sites excluding steroid dienone is 7. The number of rotatable bonds is 11. The maximum atomic E-state index is 5.48. The molecular weight excluding hydrogens is 691 g/mol. The summed E-state index contributed by atoms with van der Waals surface area (Å²) in [6.07, 6.45) is 19.8. The van der Waals surface area contributed by atoms with Gasteiger partial charge in [0.05, 0.1) is 17.1 Å². The van der Waals surface area contributed by atoms with Gasteiger partial charge in [-0.1, -0.05) is 90.1 Å². The summed E-state index contributed by atoms with van der Waals surface area (Å²) in [5.41, 5.74) is 26.2. The lowest BCUT2D eigenvalue weighted by Gasteiger charge is -2.32. The molecule has 4 rings (SSSR count). The second kappa shape index (κ2) is 23.8. The molecule has 0 saturated heterocycles. The van der Waals surface area contributed by atoms with E-state index in [2.05, 4.69) is 135 Å². The number of benzene rings is 1. The molecule has 2 aliphatic carbocycles. The van der Waals surface area contributed by atoms with Gasteiger partial charge in [0.2, 0.25) is 0 Å². The van der Waals surface area contributed by atoms with Gasteiger partial charge in [0.25, 0.3) is 0 Å². The Morgan fingerprint density at radius 2 is 1.71 bits per heavy atom. The van der Waals surface area contributed by atoms with E-state index in [1.807, 2.05) is 32.9 Å². The van der Waals surface area contributed by atoms with Crippen LogP contribution in [0.25, 0.3) is 0 Å². The van der Waals surface area contributed by atoms with Crippen molar-refractivity contribution in [1.29, 1.82) is 0 Å². The van der Waals surface area contributed by atoms with Crippen molar-refractivity contribution in [2.45, 2.75) is 86.5 Å². The van der Waals surface area contributed by atoms with Crippen LogP contribution in [0.15, 0.2) is 153 Å². The molecule has 7 N–H and O–H groups in total. The maximum Gasteiger partial charge on any atom is 0.145 e. The standard InChI is InChI=1S/C25H37N5.C13H19N3.C7H9N.C2H2/c1-11-18(6)23(13-3)14-22(12-2)16-27-19(7)25-15-24(17(4)5)28-21(9)30(25)29-20(8)26-10;1-9-4-3-5-10-8-11(6-7-12(9)10)13(15-2)16-14;1-4-5(2)7(8)6(4)3;1-2/h12,14-15,27H,2,4,7,9,11,13,16H2,1,3,5-6,8,10H3,(H,26,29);6-9H,3-5,14H2,1-2H3,(H,15,16);1-2,8H2,3H3;1-2H/b22-14+,23-18-;;;/t;9-;;/m.0../s1. The first kappa shape index (κ1) is 48.2. The highest BCUT2D eigenvalue weighted by molar-refractivity contribution is 6.09. The molecule has 300 valence electrons. The minimum absolute atomic E-state index is 0.547. The van der Waals surface area contributed by atoms with Gasteiger partial charge in [0.15, 0.2) is 0 Å². The largest absolute Gasteiger partial charge is 0.398 e. The number of nitrogens with zero attached hydrogens (tertiary/aromatic N) is 4. The van der Waals surface area contributed by atoms with Crippen molar-refractivity contribution in [3.63, 3.8) is 0 Å². The summed E-state index contributed by atoms with van der Waals surface area (Å²) in [4.78, 5) is 12.8. The molecular formula is C47H67N9. The molecule has 1 heterocycles. The summed E-state index contributed by atoms with van der Waals surface area (Å²) in [5.74, 6) is 8.16. The highest BCUT2D eigenvalue weighted by Gasteiger charge is 2.22. The number of aliphatic imine (C=N–C) groups is 3. The highest BCUT2D eigenvalue weighted by Crippen LogP contribution is 2.33. The van der Waals surface area contributed by atoms with Crippen molar-refractivity contribution in [2.75, 3.05) is 20.6 Å². The minimum atomic E-state index is 0.547. The number of hydrogen-bond acceptors (Lipinski definition) is 7. The van der Waals surface area contributed by atoms with Crippen LogP contribution in [0.4, 0.5) is 0 Å². The van der Waals surface area contributed by atoms with E-state index in [1.165, 1.54) is 41.5 Å². The summed E-state index contributed by atoms with van der Waals surface area (Å²) >= 11 is 0. The number of aryl methyl sites for hydroxylation is 1. The van der Waals surface area contributed by atoms with Crippen molar-refractivity contribution in [3.05, 3.63) is 155 Å². The first-order chi connectivity index (χ1) is 26.6. The molecule has 1 aromatic carbocycles. The topological polar surface area (TPSA) is 128 Å². The second-order valence-electron chi connectivity index (χ2n) is 13.7. The second-order valence-corrected chi connectivity index (χ2v) is 13.7. The predicted molar refractivity (Wildman–Crippen MR) is 245 cm³/mol. The molecule has 0 aromatic heterocycles. The molecule has 0 saturated carbocycles. The lowest BCUT2D eigenvalue weighted by Crippen LogP contribution is -2.43. The summed E-state index contributed by atoms with van der Waals surface area (Å²) < 4.78 is 0. The number of terminal acetylenes is 1. The molecule has 0 spiro atoms. The van der Waals surface area contributed by atoms with Crippen LogP contribution in [0, 0.1) is 12.8 Å². The third-order valence-electron chi connectivity index (χ3n) is 9.90. The van der Waals surface area contributed by atoms with Gasteiger partial charge in [-0.2, -0.15) is 0 Å². The molecule has 3 aliphatic rings. The Morgan fingerprint density at radius 3 is 2.20 bits per heavy atom. The Labute approximate surface area is 338 Å². The predicted octanol–water partition coefficient (Wildman–Crippen LogP) is 9.14. The van der Waals surface area contributed by atoms with Gasteiger partial charge in [0.1, 0.15) is 17.5 Å². The summed E-state index contributed by atoms with van der Waals surface area (Å²) in [5, 5.41) is 5.20. The molecule has 9 nitrogen and oxygen atoms in total. The molecule has 1 aromatic rings. The Bertz CT molecular complexity index is 1880. The SMILES string of the molecule is C#C.C=C/C(=C\C(CC)=C(\C)CC)CNC(=C)C1=CC(C(=C)C)=NC(=C)N1NC(C)=NC.C=C1C(=C)C(N)=C1C.CN=C(NN)c1ccc2c(c1)CCC[C@@H]2C. The van der Waals surface area contributed by atoms with Gasteiger partial charge in [-0.25, -0.2) is 15.8 Å². The fraction of sp³-hybridized carbons (Fsp3) is 0.340. The Balaban J connectivity index is 0.000000494. The smallest absolute Gasteiger partial charge is 0.145 e. The Hall–Kier alpha value is -5.85. The van der Waals surface area contributed by atoms with Crippen LogP contribution in [0.1, 0.15) is 96.8 Å². The molecule has 9 heteroatoms.